The number of fused-ring (bicyclic) bond motifs is 1. The second-order valence-electron chi connectivity index (χ2n) is 3.70. The molecule has 6 heteroatoms. The van der Waals surface area contributed by atoms with Gasteiger partial charge in [-0.25, -0.2) is 9.78 Å². The Morgan fingerprint density at radius 3 is 2.41 bits per heavy atom. The van der Waals surface area contributed by atoms with Crippen LogP contribution in [0.1, 0.15) is 27.2 Å². The van der Waals surface area contributed by atoms with Gasteiger partial charge in [-0.2, -0.15) is 0 Å². The zero-order valence-electron chi connectivity index (χ0n) is 10.6. The number of aromatic amines is 1. The van der Waals surface area contributed by atoms with Gasteiger partial charge in [0.2, 0.25) is 0 Å². The first-order valence-corrected chi connectivity index (χ1v) is 5.71. The fraction of sp³-hybridized carbons (Fsp3) is 0.545. The molecule has 2 aromatic rings. The predicted molar refractivity (Wildman–Crippen MR) is 67.2 cm³/mol. The van der Waals surface area contributed by atoms with Crippen LogP contribution in [0.2, 0.25) is 0 Å². The lowest BCUT2D eigenvalue weighted by molar-refractivity contribution is 0.652. The van der Waals surface area contributed by atoms with Crippen LogP contribution < -0.4 is 11.2 Å². The molecule has 0 fully saturated rings. The molecule has 0 saturated heterocycles. The Kier molecular flexibility index (Phi) is 4.25. The molecule has 2 aromatic heterocycles. The van der Waals surface area contributed by atoms with E-state index in [0.29, 0.717) is 17.7 Å². The summed E-state index contributed by atoms with van der Waals surface area (Å²) in [7, 11) is 1.46. The molecule has 0 aliphatic rings. The van der Waals surface area contributed by atoms with E-state index in [0.717, 1.165) is 4.57 Å². The lowest BCUT2D eigenvalue weighted by Gasteiger charge is -2.04. The molecule has 2 rings (SSSR count). The van der Waals surface area contributed by atoms with Crippen molar-refractivity contribution in [3.63, 3.8) is 0 Å². The summed E-state index contributed by atoms with van der Waals surface area (Å²) in [4.78, 5) is 29.8. The number of aryl methyl sites for hydroxylation is 1. The summed E-state index contributed by atoms with van der Waals surface area (Å²) in [5.41, 5.74) is 0.110. The summed E-state index contributed by atoms with van der Waals surface area (Å²) in [5.74, 6) is 0. The first-order chi connectivity index (χ1) is 8.08. The standard InChI is InChI=1S/C8H10N4O2.C3H8/c1-3-12-6-5(9-4-10-6)7(13)11(2)8(12)14;1-3-2/h4H,3H2,1-2H3,(H,9,10);3H2,1-2H3. The maximum absolute atomic E-state index is 11.6. The molecule has 0 bridgehead atoms. The lowest BCUT2D eigenvalue weighted by Crippen LogP contribution is -2.37. The Hall–Kier alpha value is -1.85. The van der Waals surface area contributed by atoms with E-state index in [-0.39, 0.29) is 11.2 Å². The first-order valence-electron chi connectivity index (χ1n) is 5.71. The average Bonchev–Trinajstić information content (AvgIpc) is 2.77. The molecule has 0 radical (unpaired) electrons. The van der Waals surface area contributed by atoms with Crippen LogP contribution >= 0.6 is 0 Å². The van der Waals surface area contributed by atoms with E-state index >= 15 is 0 Å². The molecule has 2 heterocycles. The van der Waals surface area contributed by atoms with Gasteiger partial charge in [-0.15, -0.1) is 0 Å². The summed E-state index contributed by atoms with van der Waals surface area (Å²) in [6.07, 6.45) is 2.66. The largest absolute Gasteiger partial charge is 0.339 e. The van der Waals surface area contributed by atoms with Gasteiger partial charge in [-0.3, -0.25) is 13.9 Å². The van der Waals surface area contributed by atoms with E-state index in [1.165, 1.54) is 24.4 Å². The van der Waals surface area contributed by atoms with Gasteiger partial charge < -0.3 is 4.98 Å². The average molecular weight is 238 g/mol. The molecule has 94 valence electrons. The number of aromatic nitrogens is 4. The second-order valence-corrected chi connectivity index (χ2v) is 3.70. The number of rotatable bonds is 1. The maximum Gasteiger partial charge on any atom is 0.332 e. The molecule has 0 aliphatic heterocycles. The number of nitrogens with zero attached hydrogens (tertiary/aromatic N) is 3. The maximum atomic E-state index is 11.6. The van der Waals surface area contributed by atoms with Crippen LogP contribution in [0.15, 0.2) is 15.9 Å². The van der Waals surface area contributed by atoms with Crippen molar-refractivity contribution < 1.29 is 0 Å². The Bertz CT molecular complexity index is 606. The molecule has 0 atom stereocenters. The van der Waals surface area contributed by atoms with Crippen molar-refractivity contribution in [3.05, 3.63) is 27.2 Å². The van der Waals surface area contributed by atoms with Crippen LogP contribution in [0.4, 0.5) is 0 Å². The monoisotopic (exact) mass is 238 g/mol. The molecule has 0 aliphatic carbocycles. The molecule has 17 heavy (non-hydrogen) atoms. The van der Waals surface area contributed by atoms with Crippen molar-refractivity contribution in [3.8, 4) is 0 Å². The molecule has 0 spiro atoms. The quantitative estimate of drug-likeness (QED) is 0.800. The van der Waals surface area contributed by atoms with Gasteiger partial charge in [0.15, 0.2) is 5.65 Å². The minimum Gasteiger partial charge on any atom is -0.339 e. The highest BCUT2D eigenvalue weighted by Crippen LogP contribution is 1.99. The summed E-state index contributed by atoms with van der Waals surface area (Å²) >= 11 is 0. The van der Waals surface area contributed by atoms with Crippen molar-refractivity contribution in [2.45, 2.75) is 33.7 Å². The summed E-state index contributed by atoms with van der Waals surface area (Å²) in [6, 6.07) is 0. The van der Waals surface area contributed by atoms with Gasteiger partial charge in [0.1, 0.15) is 5.52 Å². The van der Waals surface area contributed by atoms with Crippen LogP contribution in [0.5, 0.6) is 0 Å². The van der Waals surface area contributed by atoms with E-state index < -0.39 is 0 Å². The third-order valence-corrected chi connectivity index (χ3v) is 2.23. The normalized spacial score (nSPS) is 10.1. The van der Waals surface area contributed by atoms with Gasteiger partial charge in [0.25, 0.3) is 5.56 Å². The van der Waals surface area contributed by atoms with E-state index in [1.807, 2.05) is 6.92 Å². The molecule has 0 aromatic carbocycles. The summed E-state index contributed by atoms with van der Waals surface area (Å²) in [6.45, 7) is 6.58. The molecule has 6 nitrogen and oxygen atoms in total. The highest BCUT2D eigenvalue weighted by Gasteiger charge is 2.10. The van der Waals surface area contributed by atoms with Crippen LogP contribution in [0.25, 0.3) is 11.2 Å². The topological polar surface area (TPSA) is 72.7 Å². The van der Waals surface area contributed by atoms with E-state index in [2.05, 4.69) is 23.8 Å². The number of hydrogen-bond acceptors (Lipinski definition) is 3. The van der Waals surface area contributed by atoms with Gasteiger partial charge in [-0.1, -0.05) is 20.3 Å². The SMILES string of the molecule is CCC.CCn1c(=O)n(C)c(=O)c2[nH]cnc21. The van der Waals surface area contributed by atoms with E-state index in [9.17, 15) is 9.59 Å². The molecular formula is C11H18N4O2. The van der Waals surface area contributed by atoms with Crippen molar-refractivity contribution in [1.29, 1.82) is 0 Å². The van der Waals surface area contributed by atoms with Crippen LogP contribution in [0, 0.1) is 0 Å². The smallest absolute Gasteiger partial charge is 0.332 e. The highest BCUT2D eigenvalue weighted by molar-refractivity contribution is 5.68. The summed E-state index contributed by atoms with van der Waals surface area (Å²) < 4.78 is 2.53. The van der Waals surface area contributed by atoms with Gasteiger partial charge in [0, 0.05) is 13.6 Å². The van der Waals surface area contributed by atoms with Crippen molar-refractivity contribution in [2.75, 3.05) is 0 Å². The van der Waals surface area contributed by atoms with E-state index in [4.69, 9.17) is 0 Å². The van der Waals surface area contributed by atoms with Gasteiger partial charge in [0.05, 0.1) is 6.33 Å². The Balaban J connectivity index is 0.000000437. The second kappa shape index (κ2) is 5.47. The van der Waals surface area contributed by atoms with Crippen LogP contribution in [-0.4, -0.2) is 19.1 Å². The summed E-state index contributed by atoms with van der Waals surface area (Å²) in [5, 5.41) is 0. The molecule has 0 unspecified atom stereocenters. The van der Waals surface area contributed by atoms with Gasteiger partial charge >= 0.3 is 5.69 Å². The molecule has 0 amide bonds. The van der Waals surface area contributed by atoms with Crippen molar-refractivity contribution in [2.24, 2.45) is 7.05 Å². The Morgan fingerprint density at radius 2 is 1.88 bits per heavy atom. The number of imidazole rings is 1. The zero-order valence-corrected chi connectivity index (χ0v) is 10.6. The Labute approximate surface area is 98.9 Å². The Morgan fingerprint density at radius 1 is 1.29 bits per heavy atom. The minimum atomic E-state index is -0.341. The van der Waals surface area contributed by atoms with Gasteiger partial charge in [-0.05, 0) is 6.92 Å². The third kappa shape index (κ3) is 2.30. The zero-order chi connectivity index (χ0) is 13.0. The molecule has 1 N–H and O–H groups in total. The van der Waals surface area contributed by atoms with Crippen LogP contribution in [-0.2, 0) is 13.6 Å². The number of H-pyrrole nitrogens is 1. The van der Waals surface area contributed by atoms with Crippen molar-refractivity contribution >= 4 is 11.2 Å². The number of nitrogens with one attached hydrogen (secondary N) is 1. The first kappa shape index (κ1) is 13.2. The molecular weight excluding hydrogens is 220 g/mol. The predicted octanol–water partition coefficient (Wildman–Crippen LogP) is 0.859. The lowest BCUT2D eigenvalue weighted by atomic mass is 10.5. The highest BCUT2D eigenvalue weighted by atomic mass is 16.2. The number of hydrogen-bond donors (Lipinski definition) is 1. The van der Waals surface area contributed by atoms with E-state index in [1.54, 1.807) is 0 Å². The fourth-order valence-electron chi connectivity index (χ4n) is 1.46. The minimum absolute atomic E-state index is 0.336. The van der Waals surface area contributed by atoms with Crippen LogP contribution in [0.3, 0.4) is 0 Å². The molecule has 0 saturated carbocycles. The third-order valence-electron chi connectivity index (χ3n) is 2.23. The van der Waals surface area contributed by atoms with Crippen molar-refractivity contribution in [1.82, 2.24) is 19.1 Å². The fourth-order valence-corrected chi connectivity index (χ4v) is 1.46.